The largest absolute Gasteiger partial charge is 0.508 e. The highest BCUT2D eigenvalue weighted by atomic mass is 32.2. The highest BCUT2D eigenvalue weighted by Crippen LogP contribution is 2.31. The third-order valence-electron chi connectivity index (χ3n) is 3.96. The lowest BCUT2D eigenvalue weighted by Gasteiger charge is -2.31. The van der Waals surface area contributed by atoms with Crippen LogP contribution in [-0.4, -0.2) is 37.9 Å². The Morgan fingerprint density at radius 3 is 2.57 bits per heavy atom. The zero-order chi connectivity index (χ0) is 14.7. The van der Waals surface area contributed by atoms with E-state index in [1.807, 2.05) is 36.3 Å². The van der Waals surface area contributed by atoms with Crippen molar-refractivity contribution in [3.05, 3.63) is 42.5 Å². The van der Waals surface area contributed by atoms with Crippen molar-refractivity contribution in [2.45, 2.75) is 29.5 Å². The lowest BCUT2D eigenvalue weighted by atomic mass is 10.1. The molecule has 5 heteroatoms. The zero-order valence-corrected chi connectivity index (χ0v) is 13.1. The summed E-state index contributed by atoms with van der Waals surface area (Å²) < 4.78 is 2.09. The first-order valence-corrected chi connectivity index (χ1v) is 8.23. The second-order valence-corrected chi connectivity index (χ2v) is 6.92. The van der Waals surface area contributed by atoms with Crippen molar-refractivity contribution in [1.29, 1.82) is 0 Å². The minimum atomic E-state index is 0.337. The molecule has 0 spiro atoms. The van der Waals surface area contributed by atoms with Gasteiger partial charge in [-0.2, -0.15) is 0 Å². The van der Waals surface area contributed by atoms with Gasteiger partial charge in [-0.1, -0.05) is 0 Å². The summed E-state index contributed by atoms with van der Waals surface area (Å²) in [5.74, 6) is 1.48. The Labute approximate surface area is 129 Å². The number of hydrogen-bond acceptors (Lipinski definition) is 4. The Morgan fingerprint density at radius 1 is 1.24 bits per heavy atom. The fraction of sp³-hybridized carbons (Fsp3) is 0.438. The molecule has 0 amide bonds. The second-order valence-electron chi connectivity index (χ2n) is 5.54. The van der Waals surface area contributed by atoms with Gasteiger partial charge in [0.2, 0.25) is 0 Å². The monoisotopic (exact) mass is 303 g/mol. The summed E-state index contributed by atoms with van der Waals surface area (Å²) >= 11 is 1.93. The summed E-state index contributed by atoms with van der Waals surface area (Å²) in [6.07, 6.45) is 6.28. The molecule has 4 nitrogen and oxygen atoms in total. The predicted molar refractivity (Wildman–Crippen MR) is 85.5 cm³/mol. The molecule has 0 atom stereocenters. The third-order valence-corrected chi connectivity index (χ3v) is 5.31. The average molecular weight is 303 g/mol. The first-order valence-electron chi connectivity index (χ1n) is 7.35. The molecule has 0 aliphatic carbocycles. The summed E-state index contributed by atoms with van der Waals surface area (Å²) in [5.41, 5.74) is 0. The molecule has 0 radical (unpaired) electrons. The van der Waals surface area contributed by atoms with E-state index in [-0.39, 0.29) is 0 Å². The summed E-state index contributed by atoms with van der Waals surface area (Å²) in [7, 11) is 2.05. The number of benzene rings is 1. The van der Waals surface area contributed by atoms with Crippen LogP contribution in [0.1, 0.15) is 18.7 Å². The number of likely N-dealkylation sites (tertiary alicyclic amines) is 1. The summed E-state index contributed by atoms with van der Waals surface area (Å²) in [6, 6.07) is 7.53. The summed E-state index contributed by atoms with van der Waals surface area (Å²) in [6.45, 7) is 3.20. The van der Waals surface area contributed by atoms with Gasteiger partial charge in [-0.15, -0.1) is 11.8 Å². The maximum Gasteiger partial charge on any atom is 0.122 e. The van der Waals surface area contributed by atoms with Crippen LogP contribution in [0.25, 0.3) is 0 Å². The minimum Gasteiger partial charge on any atom is -0.508 e. The molecule has 1 fully saturated rings. The fourth-order valence-electron chi connectivity index (χ4n) is 2.65. The molecule has 0 bridgehead atoms. The molecule has 1 aromatic carbocycles. The number of phenols is 1. The number of thioether (sulfide) groups is 1. The third kappa shape index (κ3) is 3.80. The quantitative estimate of drug-likeness (QED) is 0.943. The molecule has 2 heterocycles. The maximum absolute atomic E-state index is 9.32. The molecule has 1 aromatic heterocycles. The molecule has 1 saturated heterocycles. The van der Waals surface area contributed by atoms with Gasteiger partial charge < -0.3 is 9.67 Å². The highest BCUT2D eigenvalue weighted by molar-refractivity contribution is 8.00. The fourth-order valence-corrected chi connectivity index (χ4v) is 3.78. The van der Waals surface area contributed by atoms with Gasteiger partial charge in [-0.05, 0) is 50.2 Å². The number of imidazole rings is 1. The Kier molecular flexibility index (Phi) is 4.51. The number of hydrogen-bond donors (Lipinski definition) is 1. The van der Waals surface area contributed by atoms with Crippen molar-refractivity contribution < 1.29 is 5.11 Å². The predicted octanol–water partition coefficient (Wildman–Crippen LogP) is 2.88. The van der Waals surface area contributed by atoms with Crippen LogP contribution in [-0.2, 0) is 13.6 Å². The summed E-state index contributed by atoms with van der Waals surface area (Å²) in [5, 5.41) is 9.99. The van der Waals surface area contributed by atoms with Crippen LogP contribution >= 0.6 is 11.8 Å². The normalized spacial score (nSPS) is 17.2. The van der Waals surface area contributed by atoms with Crippen molar-refractivity contribution in [2.24, 2.45) is 7.05 Å². The standard InChI is InChI=1S/C16H21N3OS/c1-18-11-8-17-16(18)12-19-9-6-15(7-10-19)21-14-4-2-13(20)3-5-14/h2-5,8,11,15,20H,6-7,9-10,12H2,1H3. The lowest BCUT2D eigenvalue weighted by Crippen LogP contribution is -2.35. The molecule has 1 N–H and O–H groups in total. The van der Waals surface area contributed by atoms with E-state index in [2.05, 4.69) is 21.5 Å². The van der Waals surface area contributed by atoms with Crippen LogP contribution in [0.15, 0.2) is 41.6 Å². The number of piperidine rings is 1. The van der Waals surface area contributed by atoms with Gasteiger partial charge in [-0.3, -0.25) is 4.90 Å². The van der Waals surface area contributed by atoms with Gasteiger partial charge in [0.25, 0.3) is 0 Å². The van der Waals surface area contributed by atoms with Gasteiger partial charge in [0.15, 0.2) is 0 Å². The first-order chi connectivity index (χ1) is 10.2. The van der Waals surface area contributed by atoms with Gasteiger partial charge in [0, 0.05) is 29.6 Å². The number of nitrogens with zero attached hydrogens (tertiary/aromatic N) is 3. The molecule has 3 rings (SSSR count). The van der Waals surface area contributed by atoms with E-state index < -0.39 is 0 Å². The number of aromatic nitrogens is 2. The van der Waals surface area contributed by atoms with Crippen LogP contribution in [0, 0.1) is 0 Å². The molecule has 1 aliphatic rings. The molecule has 0 unspecified atom stereocenters. The Bertz CT molecular complexity index is 573. The Hall–Kier alpha value is -1.46. The molecule has 1 aliphatic heterocycles. The SMILES string of the molecule is Cn1ccnc1CN1CCC(Sc2ccc(O)cc2)CC1. The summed E-state index contributed by atoms with van der Waals surface area (Å²) in [4.78, 5) is 8.13. The van der Waals surface area contributed by atoms with Gasteiger partial charge in [0.05, 0.1) is 6.54 Å². The van der Waals surface area contributed by atoms with Crippen LogP contribution in [0.4, 0.5) is 0 Å². The topological polar surface area (TPSA) is 41.3 Å². The van der Waals surface area contributed by atoms with Crippen LogP contribution in [0.3, 0.4) is 0 Å². The van der Waals surface area contributed by atoms with Crippen LogP contribution < -0.4 is 0 Å². The van der Waals surface area contributed by atoms with Crippen molar-refractivity contribution in [3.8, 4) is 5.75 Å². The van der Waals surface area contributed by atoms with E-state index in [9.17, 15) is 5.11 Å². The maximum atomic E-state index is 9.32. The number of phenolic OH excluding ortho intramolecular Hbond substituents is 1. The van der Waals surface area contributed by atoms with Crippen molar-refractivity contribution in [3.63, 3.8) is 0 Å². The van der Waals surface area contributed by atoms with Gasteiger partial charge in [-0.25, -0.2) is 4.98 Å². The van der Waals surface area contributed by atoms with Gasteiger partial charge in [0.1, 0.15) is 11.6 Å². The van der Waals surface area contributed by atoms with Crippen LogP contribution in [0.2, 0.25) is 0 Å². The highest BCUT2D eigenvalue weighted by Gasteiger charge is 2.20. The average Bonchev–Trinajstić information content (AvgIpc) is 2.89. The van der Waals surface area contributed by atoms with Crippen molar-refractivity contribution >= 4 is 11.8 Å². The number of aryl methyl sites for hydroxylation is 1. The molecule has 112 valence electrons. The second kappa shape index (κ2) is 6.54. The van der Waals surface area contributed by atoms with Crippen molar-refractivity contribution in [1.82, 2.24) is 14.5 Å². The van der Waals surface area contributed by atoms with Crippen molar-refractivity contribution in [2.75, 3.05) is 13.1 Å². The lowest BCUT2D eigenvalue weighted by molar-refractivity contribution is 0.218. The minimum absolute atomic E-state index is 0.337. The van der Waals surface area contributed by atoms with E-state index in [0.717, 1.165) is 25.5 Å². The van der Waals surface area contributed by atoms with Crippen LogP contribution in [0.5, 0.6) is 5.75 Å². The van der Waals surface area contributed by atoms with E-state index in [4.69, 9.17) is 0 Å². The van der Waals surface area contributed by atoms with E-state index >= 15 is 0 Å². The zero-order valence-electron chi connectivity index (χ0n) is 12.3. The molecule has 21 heavy (non-hydrogen) atoms. The van der Waals surface area contributed by atoms with E-state index in [1.54, 1.807) is 12.1 Å². The molecular weight excluding hydrogens is 282 g/mol. The Balaban J connectivity index is 1.49. The number of aromatic hydroxyl groups is 1. The van der Waals surface area contributed by atoms with E-state index in [0.29, 0.717) is 11.0 Å². The number of rotatable bonds is 4. The van der Waals surface area contributed by atoms with E-state index in [1.165, 1.54) is 17.7 Å². The van der Waals surface area contributed by atoms with Gasteiger partial charge >= 0.3 is 0 Å². The molecule has 2 aromatic rings. The molecule has 0 saturated carbocycles. The molecular formula is C16H21N3OS. The Morgan fingerprint density at radius 2 is 1.95 bits per heavy atom. The first kappa shape index (κ1) is 14.5. The smallest absolute Gasteiger partial charge is 0.122 e.